The topological polar surface area (TPSA) is 44.4 Å². The molecule has 0 aliphatic heterocycles. The smallest absolute Gasteiger partial charge is 0.239 e. The highest BCUT2D eigenvalue weighted by molar-refractivity contribution is 5.81. The van der Waals surface area contributed by atoms with Crippen molar-refractivity contribution in [3.05, 3.63) is 29.8 Å². The lowest BCUT2D eigenvalue weighted by molar-refractivity contribution is -0.119. The van der Waals surface area contributed by atoms with Gasteiger partial charge in [-0.1, -0.05) is 26.0 Å². The van der Waals surface area contributed by atoms with Gasteiger partial charge in [0.1, 0.15) is 0 Å². The summed E-state index contributed by atoms with van der Waals surface area (Å²) in [4.78, 5) is 13.5. The van der Waals surface area contributed by atoms with Gasteiger partial charge in [-0.25, -0.2) is 0 Å². The van der Waals surface area contributed by atoms with Crippen molar-refractivity contribution in [3.8, 4) is 0 Å². The number of anilines is 1. The predicted octanol–water partition coefficient (Wildman–Crippen LogP) is 2.00. The second kappa shape index (κ2) is 8.59. The zero-order chi connectivity index (χ0) is 15.0. The molecular weight excluding hydrogens is 250 g/mol. The maximum Gasteiger partial charge on any atom is 0.239 e. The molecule has 0 aliphatic carbocycles. The summed E-state index contributed by atoms with van der Waals surface area (Å²) in [6.45, 7) is 9.60. The van der Waals surface area contributed by atoms with Crippen molar-refractivity contribution in [1.82, 2.24) is 10.6 Å². The first-order valence-electron chi connectivity index (χ1n) is 7.32. The van der Waals surface area contributed by atoms with Gasteiger partial charge >= 0.3 is 0 Å². The zero-order valence-electron chi connectivity index (χ0n) is 13.1. The van der Waals surface area contributed by atoms with Crippen LogP contribution < -0.4 is 15.5 Å². The Hall–Kier alpha value is -1.55. The van der Waals surface area contributed by atoms with Crippen LogP contribution in [0, 0.1) is 5.92 Å². The quantitative estimate of drug-likeness (QED) is 0.764. The second-order valence-electron chi connectivity index (χ2n) is 5.38. The molecule has 1 rings (SSSR count). The maximum absolute atomic E-state index is 11.5. The SMILES string of the molecule is CCN(CC(=O)NC)c1ccc(CNCC(C)C)cc1. The molecule has 4 heteroatoms. The van der Waals surface area contributed by atoms with Crippen LogP contribution in [0.3, 0.4) is 0 Å². The maximum atomic E-state index is 11.5. The van der Waals surface area contributed by atoms with Crippen LogP contribution in [0.5, 0.6) is 0 Å². The molecule has 1 aromatic rings. The van der Waals surface area contributed by atoms with Crippen molar-refractivity contribution >= 4 is 11.6 Å². The van der Waals surface area contributed by atoms with E-state index in [1.54, 1.807) is 7.05 Å². The van der Waals surface area contributed by atoms with Gasteiger partial charge in [0.05, 0.1) is 6.54 Å². The molecule has 0 spiro atoms. The number of carbonyl (C=O) groups excluding carboxylic acids is 1. The Kier molecular flexibility index (Phi) is 7.09. The van der Waals surface area contributed by atoms with Crippen LogP contribution in [-0.4, -0.2) is 32.6 Å². The third-order valence-electron chi connectivity index (χ3n) is 3.18. The van der Waals surface area contributed by atoms with E-state index in [1.165, 1.54) is 5.56 Å². The fraction of sp³-hybridized carbons (Fsp3) is 0.562. The average Bonchev–Trinajstić information content (AvgIpc) is 2.45. The lowest BCUT2D eigenvalue weighted by atomic mass is 10.1. The van der Waals surface area contributed by atoms with Gasteiger partial charge in [-0.3, -0.25) is 4.79 Å². The van der Waals surface area contributed by atoms with E-state index >= 15 is 0 Å². The highest BCUT2D eigenvalue weighted by Gasteiger charge is 2.08. The number of nitrogens with one attached hydrogen (secondary N) is 2. The van der Waals surface area contributed by atoms with E-state index in [9.17, 15) is 4.79 Å². The Balaban J connectivity index is 2.57. The van der Waals surface area contributed by atoms with Gasteiger partial charge in [0.25, 0.3) is 0 Å². The number of hydrogen-bond donors (Lipinski definition) is 2. The molecule has 1 amide bonds. The van der Waals surface area contributed by atoms with Gasteiger partial charge in [0, 0.05) is 25.8 Å². The summed E-state index contributed by atoms with van der Waals surface area (Å²) >= 11 is 0. The van der Waals surface area contributed by atoms with Gasteiger partial charge in [-0.05, 0) is 37.1 Å². The van der Waals surface area contributed by atoms with E-state index in [0.29, 0.717) is 12.5 Å². The summed E-state index contributed by atoms with van der Waals surface area (Å²) in [7, 11) is 1.67. The largest absolute Gasteiger partial charge is 0.363 e. The van der Waals surface area contributed by atoms with Gasteiger partial charge in [-0.2, -0.15) is 0 Å². The standard InChI is InChI=1S/C16H27N3O/c1-5-19(12-16(20)17-4)15-8-6-14(7-9-15)11-18-10-13(2)3/h6-9,13,18H,5,10-12H2,1-4H3,(H,17,20). The fourth-order valence-corrected chi connectivity index (χ4v) is 1.97. The molecule has 0 aromatic heterocycles. The van der Waals surface area contributed by atoms with Crippen molar-refractivity contribution in [3.63, 3.8) is 0 Å². The molecule has 0 heterocycles. The first-order valence-corrected chi connectivity index (χ1v) is 7.32. The normalized spacial score (nSPS) is 10.7. The van der Waals surface area contributed by atoms with E-state index in [1.807, 2.05) is 0 Å². The van der Waals surface area contributed by atoms with Crippen molar-refractivity contribution in [2.45, 2.75) is 27.3 Å². The molecule has 112 valence electrons. The summed E-state index contributed by atoms with van der Waals surface area (Å²) in [5.74, 6) is 0.701. The summed E-state index contributed by atoms with van der Waals surface area (Å²) in [6.07, 6.45) is 0. The van der Waals surface area contributed by atoms with Crippen molar-refractivity contribution in [2.75, 3.05) is 31.6 Å². The molecule has 0 atom stereocenters. The fourth-order valence-electron chi connectivity index (χ4n) is 1.97. The first-order chi connectivity index (χ1) is 9.56. The van der Waals surface area contributed by atoms with Crippen LogP contribution in [0.1, 0.15) is 26.3 Å². The van der Waals surface area contributed by atoms with Crippen LogP contribution in [-0.2, 0) is 11.3 Å². The molecule has 0 radical (unpaired) electrons. The molecule has 0 bridgehead atoms. The van der Waals surface area contributed by atoms with Crippen molar-refractivity contribution < 1.29 is 4.79 Å². The van der Waals surface area contributed by atoms with Crippen LogP contribution >= 0.6 is 0 Å². The molecule has 0 unspecified atom stereocenters. The summed E-state index contributed by atoms with van der Waals surface area (Å²) in [5.41, 5.74) is 2.36. The molecule has 1 aromatic carbocycles. The van der Waals surface area contributed by atoms with E-state index in [2.05, 4.69) is 60.6 Å². The van der Waals surface area contributed by atoms with Gasteiger partial charge in [0.15, 0.2) is 0 Å². The molecule has 2 N–H and O–H groups in total. The van der Waals surface area contributed by atoms with E-state index in [0.717, 1.165) is 25.3 Å². The summed E-state index contributed by atoms with van der Waals surface area (Å²) in [6, 6.07) is 8.40. The summed E-state index contributed by atoms with van der Waals surface area (Å²) in [5, 5.41) is 6.09. The number of rotatable bonds is 8. The van der Waals surface area contributed by atoms with Crippen LogP contribution in [0.25, 0.3) is 0 Å². The molecular formula is C16H27N3O. The highest BCUT2D eigenvalue weighted by Crippen LogP contribution is 2.15. The second-order valence-corrected chi connectivity index (χ2v) is 5.38. The molecule has 0 saturated carbocycles. The van der Waals surface area contributed by atoms with Crippen LogP contribution in [0.4, 0.5) is 5.69 Å². The van der Waals surface area contributed by atoms with Gasteiger partial charge in [-0.15, -0.1) is 0 Å². The highest BCUT2D eigenvalue weighted by atomic mass is 16.1. The lowest BCUT2D eigenvalue weighted by Crippen LogP contribution is -2.35. The first kappa shape index (κ1) is 16.5. The van der Waals surface area contributed by atoms with E-state index in [-0.39, 0.29) is 5.91 Å². The predicted molar refractivity (Wildman–Crippen MR) is 84.9 cm³/mol. The number of nitrogens with zero attached hydrogens (tertiary/aromatic N) is 1. The number of carbonyl (C=O) groups is 1. The minimum atomic E-state index is 0.0366. The van der Waals surface area contributed by atoms with Crippen molar-refractivity contribution in [1.29, 1.82) is 0 Å². The monoisotopic (exact) mass is 277 g/mol. The Morgan fingerprint density at radius 1 is 1.25 bits per heavy atom. The number of benzene rings is 1. The van der Waals surface area contributed by atoms with Crippen molar-refractivity contribution in [2.24, 2.45) is 5.92 Å². The Morgan fingerprint density at radius 2 is 1.90 bits per heavy atom. The number of hydrogen-bond acceptors (Lipinski definition) is 3. The van der Waals surface area contributed by atoms with E-state index < -0.39 is 0 Å². The molecule has 0 saturated heterocycles. The zero-order valence-corrected chi connectivity index (χ0v) is 13.1. The molecule has 20 heavy (non-hydrogen) atoms. The number of likely N-dealkylation sites (N-methyl/N-ethyl adjacent to an activating group) is 2. The number of amides is 1. The molecule has 0 fully saturated rings. The minimum Gasteiger partial charge on any atom is -0.363 e. The van der Waals surface area contributed by atoms with Gasteiger partial charge < -0.3 is 15.5 Å². The Morgan fingerprint density at radius 3 is 2.40 bits per heavy atom. The summed E-state index contributed by atoms with van der Waals surface area (Å²) < 4.78 is 0. The Labute approximate surface area is 122 Å². The van der Waals surface area contributed by atoms with Crippen LogP contribution in [0.15, 0.2) is 24.3 Å². The minimum absolute atomic E-state index is 0.0366. The van der Waals surface area contributed by atoms with Gasteiger partial charge in [0.2, 0.25) is 5.91 Å². The molecule has 0 aliphatic rings. The third kappa shape index (κ3) is 5.61. The average molecular weight is 277 g/mol. The lowest BCUT2D eigenvalue weighted by Gasteiger charge is -2.22. The van der Waals surface area contributed by atoms with Crippen LogP contribution in [0.2, 0.25) is 0 Å². The molecule has 4 nitrogen and oxygen atoms in total. The third-order valence-corrected chi connectivity index (χ3v) is 3.18. The van der Waals surface area contributed by atoms with E-state index in [4.69, 9.17) is 0 Å². The Bertz CT molecular complexity index is 401.